The Balaban J connectivity index is 1.57. The minimum atomic E-state index is -0.241. The summed E-state index contributed by atoms with van der Waals surface area (Å²) in [6.45, 7) is 3.24. The molecule has 1 heterocycles. The van der Waals surface area contributed by atoms with Crippen LogP contribution in [0.3, 0.4) is 0 Å². The van der Waals surface area contributed by atoms with E-state index < -0.39 is 0 Å². The Bertz CT molecular complexity index is 979. The molecule has 1 aromatic heterocycles. The highest BCUT2D eigenvalue weighted by atomic mass is 79.9. The van der Waals surface area contributed by atoms with Gasteiger partial charge in [0.15, 0.2) is 18.1 Å². The molecule has 156 valence electrons. The van der Waals surface area contributed by atoms with E-state index in [1.807, 2.05) is 61.7 Å². The maximum Gasteiger partial charge on any atom is 0.262 e. The molecule has 0 aliphatic rings. The number of halogens is 1. The number of aromatic nitrogens is 1. The number of methoxy groups -OCH3 is 1. The molecule has 0 aliphatic heterocycles. The predicted octanol–water partition coefficient (Wildman–Crippen LogP) is 4.47. The number of nitrogens with one attached hydrogen (secondary N) is 2. The minimum Gasteiger partial charge on any atom is -0.493 e. The van der Waals surface area contributed by atoms with Crippen molar-refractivity contribution >= 4 is 27.5 Å². The first kappa shape index (κ1) is 21.8. The summed E-state index contributed by atoms with van der Waals surface area (Å²) in [5.74, 6) is 0.813. The summed E-state index contributed by atoms with van der Waals surface area (Å²) >= 11 is 3.53. The van der Waals surface area contributed by atoms with Gasteiger partial charge in [0.2, 0.25) is 0 Å². The molecule has 0 bridgehead atoms. The lowest BCUT2D eigenvalue weighted by Crippen LogP contribution is -2.20. The van der Waals surface area contributed by atoms with Crippen molar-refractivity contribution in [2.24, 2.45) is 0 Å². The van der Waals surface area contributed by atoms with Crippen molar-refractivity contribution in [3.05, 3.63) is 82.1 Å². The Morgan fingerprint density at radius 2 is 1.87 bits per heavy atom. The van der Waals surface area contributed by atoms with Crippen molar-refractivity contribution in [2.75, 3.05) is 19.0 Å². The second-order valence-corrected chi connectivity index (χ2v) is 7.63. The van der Waals surface area contributed by atoms with Gasteiger partial charge in [-0.05, 0) is 64.3 Å². The van der Waals surface area contributed by atoms with Gasteiger partial charge in [-0.2, -0.15) is 0 Å². The number of pyridine rings is 1. The average molecular weight is 470 g/mol. The molecule has 0 unspecified atom stereocenters. The van der Waals surface area contributed by atoms with Gasteiger partial charge < -0.3 is 20.1 Å². The summed E-state index contributed by atoms with van der Waals surface area (Å²) in [5.41, 5.74) is 4.00. The number of carbonyl (C=O) groups is 1. The van der Waals surface area contributed by atoms with Crippen LogP contribution in [0.15, 0.2) is 65.4 Å². The first-order chi connectivity index (χ1) is 14.5. The van der Waals surface area contributed by atoms with E-state index in [4.69, 9.17) is 9.47 Å². The molecule has 1 amide bonds. The third kappa shape index (κ3) is 6.30. The Hall–Kier alpha value is -2.90. The standard InChI is InChI=1S/C23H24BrN3O3/c1-16-5-7-19(8-6-16)27-22(28)15-30-23-20(24)10-18(11-21(23)29-2)14-26-13-17-4-3-9-25-12-17/h3-12,26H,13-15H2,1-2H3,(H,27,28). The van der Waals surface area contributed by atoms with Gasteiger partial charge >= 0.3 is 0 Å². The van der Waals surface area contributed by atoms with E-state index in [1.54, 1.807) is 13.3 Å². The zero-order chi connectivity index (χ0) is 21.3. The van der Waals surface area contributed by atoms with Gasteiger partial charge in [0.05, 0.1) is 11.6 Å². The fourth-order valence-corrected chi connectivity index (χ4v) is 3.44. The molecule has 0 atom stereocenters. The van der Waals surface area contributed by atoms with Crippen molar-refractivity contribution in [3.63, 3.8) is 0 Å². The number of anilines is 1. The molecule has 0 fully saturated rings. The van der Waals surface area contributed by atoms with E-state index in [9.17, 15) is 4.79 Å². The Morgan fingerprint density at radius 1 is 1.10 bits per heavy atom. The topological polar surface area (TPSA) is 72.5 Å². The average Bonchev–Trinajstić information content (AvgIpc) is 2.75. The molecular weight excluding hydrogens is 446 g/mol. The highest BCUT2D eigenvalue weighted by Gasteiger charge is 2.14. The number of rotatable bonds is 9. The molecule has 6 nitrogen and oxygen atoms in total. The first-order valence-corrected chi connectivity index (χ1v) is 10.3. The van der Waals surface area contributed by atoms with Crippen molar-refractivity contribution in [2.45, 2.75) is 20.0 Å². The molecule has 0 spiro atoms. The number of carbonyl (C=O) groups excluding carboxylic acids is 1. The van der Waals surface area contributed by atoms with Gasteiger partial charge in [-0.1, -0.05) is 23.8 Å². The Morgan fingerprint density at radius 3 is 2.57 bits per heavy atom. The fraction of sp³-hybridized carbons (Fsp3) is 0.217. The fourth-order valence-electron chi connectivity index (χ4n) is 2.84. The first-order valence-electron chi connectivity index (χ1n) is 9.50. The third-order valence-electron chi connectivity index (χ3n) is 4.35. The Labute approximate surface area is 184 Å². The van der Waals surface area contributed by atoms with E-state index in [0.29, 0.717) is 24.6 Å². The van der Waals surface area contributed by atoms with Gasteiger partial charge in [0.1, 0.15) is 0 Å². The third-order valence-corrected chi connectivity index (χ3v) is 4.94. The van der Waals surface area contributed by atoms with Crippen LogP contribution in [0.1, 0.15) is 16.7 Å². The number of nitrogens with zero attached hydrogens (tertiary/aromatic N) is 1. The van der Waals surface area contributed by atoms with Crippen LogP contribution >= 0.6 is 15.9 Å². The lowest BCUT2D eigenvalue weighted by Gasteiger charge is -2.15. The number of hydrogen-bond donors (Lipinski definition) is 2. The smallest absolute Gasteiger partial charge is 0.262 e. The molecule has 2 N–H and O–H groups in total. The molecule has 2 aromatic carbocycles. The minimum absolute atomic E-state index is 0.124. The van der Waals surface area contributed by atoms with Crippen LogP contribution in [0.5, 0.6) is 11.5 Å². The van der Waals surface area contributed by atoms with Gasteiger partial charge in [0, 0.05) is 31.2 Å². The van der Waals surface area contributed by atoms with Crippen LogP contribution in [0.2, 0.25) is 0 Å². The lowest BCUT2D eigenvalue weighted by atomic mass is 10.2. The van der Waals surface area contributed by atoms with E-state index in [2.05, 4.69) is 31.5 Å². The maximum absolute atomic E-state index is 12.2. The molecule has 0 saturated carbocycles. The molecule has 3 rings (SSSR count). The van der Waals surface area contributed by atoms with E-state index >= 15 is 0 Å². The molecule has 0 aliphatic carbocycles. The number of amides is 1. The quantitative estimate of drug-likeness (QED) is 0.483. The normalized spacial score (nSPS) is 10.5. The van der Waals surface area contributed by atoms with Crippen LogP contribution in [-0.2, 0) is 17.9 Å². The van der Waals surface area contributed by atoms with Crippen molar-refractivity contribution in [3.8, 4) is 11.5 Å². The van der Waals surface area contributed by atoms with Crippen LogP contribution in [0, 0.1) is 6.92 Å². The summed E-state index contributed by atoms with van der Waals surface area (Å²) in [5, 5.41) is 6.19. The number of aryl methyl sites for hydroxylation is 1. The molecule has 0 saturated heterocycles. The zero-order valence-electron chi connectivity index (χ0n) is 16.9. The van der Waals surface area contributed by atoms with E-state index in [0.717, 1.165) is 26.9 Å². The van der Waals surface area contributed by atoms with Gasteiger partial charge in [0.25, 0.3) is 5.91 Å². The maximum atomic E-state index is 12.2. The Kier molecular flexibility index (Phi) is 7.82. The summed E-state index contributed by atoms with van der Waals surface area (Å²) in [4.78, 5) is 16.3. The molecule has 0 radical (unpaired) electrons. The molecule has 7 heteroatoms. The van der Waals surface area contributed by atoms with Gasteiger partial charge in [-0.25, -0.2) is 0 Å². The second-order valence-electron chi connectivity index (χ2n) is 6.78. The number of ether oxygens (including phenoxy) is 2. The van der Waals surface area contributed by atoms with Crippen molar-refractivity contribution in [1.29, 1.82) is 0 Å². The summed E-state index contributed by atoms with van der Waals surface area (Å²) in [6.07, 6.45) is 3.59. The van der Waals surface area contributed by atoms with E-state index in [-0.39, 0.29) is 12.5 Å². The van der Waals surface area contributed by atoms with Gasteiger partial charge in [-0.3, -0.25) is 9.78 Å². The summed E-state index contributed by atoms with van der Waals surface area (Å²) in [6, 6.07) is 15.4. The number of benzene rings is 2. The molecule has 3 aromatic rings. The highest BCUT2D eigenvalue weighted by molar-refractivity contribution is 9.10. The second kappa shape index (κ2) is 10.8. The monoisotopic (exact) mass is 469 g/mol. The van der Waals surface area contributed by atoms with Crippen molar-refractivity contribution in [1.82, 2.24) is 10.3 Å². The van der Waals surface area contributed by atoms with Crippen LogP contribution in [-0.4, -0.2) is 24.6 Å². The zero-order valence-corrected chi connectivity index (χ0v) is 18.5. The SMILES string of the molecule is COc1cc(CNCc2cccnc2)cc(Br)c1OCC(=O)Nc1ccc(C)cc1. The highest BCUT2D eigenvalue weighted by Crippen LogP contribution is 2.36. The van der Waals surface area contributed by atoms with Crippen LogP contribution in [0.25, 0.3) is 0 Å². The largest absolute Gasteiger partial charge is 0.493 e. The van der Waals surface area contributed by atoms with Gasteiger partial charge in [-0.15, -0.1) is 0 Å². The number of hydrogen-bond acceptors (Lipinski definition) is 5. The summed E-state index contributed by atoms with van der Waals surface area (Å²) in [7, 11) is 1.58. The van der Waals surface area contributed by atoms with Crippen LogP contribution < -0.4 is 20.1 Å². The lowest BCUT2D eigenvalue weighted by molar-refractivity contribution is -0.118. The molecule has 30 heavy (non-hydrogen) atoms. The van der Waals surface area contributed by atoms with Crippen LogP contribution in [0.4, 0.5) is 5.69 Å². The molecular formula is C23H24BrN3O3. The van der Waals surface area contributed by atoms with E-state index in [1.165, 1.54) is 0 Å². The predicted molar refractivity (Wildman–Crippen MR) is 121 cm³/mol. The summed E-state index contributed by atoms with van der Waals surface area (Å²) < 4.78 is 11.9. The van der Waals surface area contributed by atoms with Crippen molar-refractivity contribution < 1.29 is 14.3 Å².